The standard InChI is InChI=1S/C19H37N3/c1-10-12-16(8)20-19-21(13(3)4)17(9)18(15(7)11-2)22(19)14(5)6/h13-16H,10-12H2,1-9H3/b20-19+. The van der Waals surface area contributed by atoms with E-state index in [1.807, 2.05) is 0 Å². The summed E-state index contributed by atoms with van der Waals surface area (Å²) in [6.45, 7) is 20.4. The van der Waals surface area contributed by atoms with Gasteiger partial charge in [0, 0.05) is 23.5 Å². The molecule has 2 atom stereocenters. The van der Waals surface area contributed by atoms with Crippen molar-refractivity contribution in [1.82, 2.24) is 9.13 Å². The fourth-order valence-electron chi connectivity index (χ4n) is 3.39. The Morgan fingerprint density at radius 2 is 1.45 bits per heavy atom. The van der Waals surface area contributed by atoms with E-state index in [2.05, 4.69) is 71.4 Å². The molecule has 3 heteroatoms. The fourth-order valence-corrected chi connectivity index (χ4v) is 3.39. The summed E-state index contributed by atoms with van der Waals surface area (Å²) in [5.74, 6) is 0.567. The van der Waals surface area contributed by atoms with E-state index >= 15 is 0 Å². The maximum Gasteiger partial charge on any atom is 0.206 e. The maximum atomic E-state index is 5.12. The SMILES string of the molecule is CCCC(C)/N=c1\n(C(C)C)c(C)c(C(C)CC)n1C(C)C. The van der Waals surface area contributed by atoms with Gasteiger partial charge in [-0.15, -0.1) is 0 Å². The summed E-state index contributed by atoms with van der Waals surface area (Å²) in [7, 11) is 0. The van der Waals surface area contributed by atoms with Gasteiger partial charge >= 0.3 is 0 Å². The molecule has 0 N–H and O–H groups in total. The van der Waals surface area contributed by atoms with Crippen molar-refractivity contribution in [1.29, 1.82) is 0 Å². The van der Waals surface area contributed by atoms with Gasteiger partial charge < -0.3 is 9.13 Å². The summed E-state index contributed by atoms with van der Waals surface area (Å²) in [6, 6.07) is 1.26. The lowest BCUT2D eigenvalue weighted by atomic mass is 10.0. The minimum atomic E-state index is 0.381. The van der Waals surface area contributed by atoms with Crippen LogP contribution >= 0.6 is 0 Å². The highest BCUT2D eigenvalue weighted by Gasteiger charge is 2.22. The smallest absolute Gasteiger partial charge is 0.206 e. The van der Waals surface area contributed by atoms with Gasteiger partial charge in [-0.2, -0.15) is 0 Å². The molecular weight excluding hydrogens is 270 g/mol. The van der Waals surface area contributed by atoms with E-state index in [9.17, 15) is 0 Å². The lowest BCUT2D eigenvalue weighted by Crippen LogP contribution is -2.31. The number of aromatic nitrogens is 2. The number of hydrogen-bond acceptors (Lipinski definition) is 1. The third-order valence-corrected chi connectivity index (χ3v) is 4.58. The average Bonchev–Trinajstić information content (AvgIpc) is 2.70. The Balaban J connectivity index is 3.71. The molecule has 0 saturated heterocycles. The predicted molar refractivity (Wildman–Crippen MR) is 96.6 cm³/mol. The van der Waals surface area contributed by atoms with E-state index in [1.165, 1.54) is 29.8 Å². The Morgan fingerprint density at radius 1 is 0.909 bits per heavy atom. The third kappa shape index (κ3) is 3.85. The monoisotopic (exact) mass is 307 g/mol. The third-order valence-electron chi connectivity index (χ3n) is 4.58. The normalized spacial score (nSPS) is 15.9. The van der Waals surface area contributed by atoms with Crippen molar-refractivity contribution in [2.45, 2.75) is 106 Å². The highest BCUT2D eigenvalue weighted by atomic mass is 15.2. The Hall–Kier alpha value is -0.990. The van der Waals surface area contributed by atoms with Gasteiger partial charge in [-0.1, -0.05) is 27.2 Å². The second-order valence-electron chi connectivity index (χ2n) is 7.27. The summed E-state index contributed by atoms with van der Waals surface area (Å²) >= 11 is 0. The summed E-state index contributed by atoms with van der Waals surface area (Å²) in [4.78, 5) is 5.12. The van der Waals surface area contributed by atoms with Crippen LogP contribution in [0.25, 0.3) is 0 Å². The molecule has 0 aliphatic rings. The van der Waals surface area contributed by atoms with E-state index in [1.54, 1.807) is 0 Å². The van der Waals surface area contributed by atoms with Gasteiger partial charge in [0.05, 0.1) is 6.04 Å². The first-order valence-electron chi connectivity index (χ1n) is 9.13. The first-order chi connectivity index (χ1) is 10.3. The van der Waals surface area contributed by atoms with Gasteiger partial charge in [-0.25, -0.2) is 4.99 Å². The van der Waals surface area contributed by atoms with Crippen LogP contribution in [0.4, 0.5) is 0 Å². The van der Waals surface area contributed by atoms with Crippen molar-refractivity contribution < 1.29 is 0 Å². The van der Waals surface area contributed by atoms with Gasteiger partial charge in [0.25, 0.3) is 0 Å². The molecule has 0 saturated carbocycles. The Morgan fingerprint density at radius 3 is 1.86 bits per heavy atom. The molecule has 0 aliphatic heterocycles. The van der Waals surface area contributed by atoms with E-state index in [0.29, 0.717) is 24.0 Å². The van der Waals surface area contributed by atoms with Gasteiger partial charge in [0.1, 0.15) is 0 Å². The van der Waals surface area contributed by atoms with Crippen molar-refractivity contribution in [2.24, 2.45) is 4.99 Å². The molecule has 1 aromatic rings. The molecule has 0 fully saturated rings. The molecule has 3 nitrogen and oxygen atoms in total. The molecule has 2 unspecified atom stereocenters. The van der Waals surface area contributed by atoms with E-state index in [4.69, 9.17) is 4.99 Å². The van der Waals surface area contributed by atoms with Crippen molar-refractivity contribution in [3.63, 3.8) is 0 Å². The first kappa shape index (κ1) is 19.1. The summed E-state index contributed by atoms with van der Waals surface area (Å²) in [6.07, 6.45) is 3.50. The predicted octanol–water partition coefficient (Wildman–Crippen LogP) is 5.36. The molecule has 1 heterocycles. The summed E-state index contributed by atoms with van der Waals surface area (Å²) < 4.78 is 4.92. The zero-order chi connectivity index (χ0) is 17.0. The topological polar surface area (TPSA) is 22.2 Å². The first-order valence-corrected chi connectivity index (χ1v) is 9.13. The summed E-state index contributed by atoms with van der Waals surface area (Å²) in [5, 5.41) is 0. The Kier molecular flexibility index (Phi) is 6.96. The molecule has 0 spiro atoms. The van der Waals surface area contributed by atoms with Crippen molar-refractivity contribution in [2.75, 3.05) is 0 Å². The molecule has 1 rings (SSSR count). The van der Waals surface area contributed by atoms with E-state index in [-0.39, 0.29) is 0 Å². The largest absolute Gasteiger partial charge is 0.312 e. The minimum absolute atomic E-state index is 0.381. The highest BCUT2D eigenvalue weighted by Crippen LogP contribution is 2.26. The van der Waals surface area contributed by atoms with Crippen LogP contribution in [-0.4, -0.2) is 15.2 Å². The van der Waals surface area contributed by atoms with Gasteiger partial charge in [-0.05, 0) is 60.3 Å². The molecule has 128 valence electrons. The van der Waals surface area contributed by atoms with Crippen LogP contribution in [0.2, 0.25) is 0 Å². The van der Waals surface area contributed by atoms with Crippen LogP contribution in [0, 0.1) is 6.92 Å². The van der Waals surface area contributed by atoms with Gasteiger partial charge in [0.2, 0.25) is 5.62 Å². The molecule has 0 bridgehead atoms. The minimum Gasteiger partial charge on any atom is -0.312 e. The quantitative estimate of drug-likeness (QED) is 0.647. The van der Waals surface area contributed by atoms with Crippen LogP contribution in [0.15, 0.2) is 4.99 Å². The highest BCUT2D eigenvalue weighted by molar-refractivity contribution is 5.19. The number of nitrogens with zero attached hydrogens (tertiary/aromatic N) is 3. The molecule has 0 aromatic carbocycles. The van der Waals surface area contributed by atoms with Gasteiger partial charge in [0.15, 0.2) is 0 Å². The lowest BCUT2D eigenvalue weighted by Gasteiger charge is -2.17. The molecule has 0 aliphatic carbocycles. The number of hydrogen-bond donors (Lipinski definition) is 0. The van der Waals surface area contributed by atoms with Crippen molar-refractivity contribution in [3.05, 3.63) is 17.0 Å². The van der Waals surface area contributed by atoms with Crippen LogP contribution < -0.4 is 5.62 Å². The van der Waals surface area contributed by atoms with Gasteiger partial charge in [-0.3, -0.25) is 0 Å². The zero-order valence-electron chi connectivity index (χ0n) is 16.3. The zero-order valence-corrected chi connectivity index (χ0v) is 16.3. The summed E-state index contributed by atoms with van der Waals surface area (Å²) in [5.41, 5.74) is 4.02. The molecular formula is C19H37N3. The van der Waals surface area contributed by atoms with Crippen LogP contribution in [-0.2, 0) is 0 Å². The van der Waals surface area contributed by atoms with E-state index < -0.39 is 0 Å². The lowest BCUT2D eigenvalue weighted by molar-refractivity contribution is 0.474. The maximum absolute atomic E-state index is 5.12. The Bertz CT molecular complexity index is 532. The molecule has 1 aromatic heterocycles. The number of imidazole rings is 1. The molecule has 22 heavy (non-hydrogen) atoms. The Labute approximate surface area is 137 Å². The second kappa shape index (κ2) is 8.03. The van der Waals surface area contributed by atoms with Crippen LogP contribution in [0.5, 0.6) is 0 Å². The fraction of sp³-hybridized carbons (Fsp3) is 0.842. The molecule has 0 radical (unpaired) electrons. The average molecular weight is 308 g/mol. The van der Waals surface area contributed by atoms with Crippen molar-refractivity contribution in [3.8, 4) is 0 Å². The van der Waals surface area contributed by atoms with Crippen LogP contribution in [0.3, 0.4) is 0 Å². The van der Waals surface area contributed by atoms with Crippen molar-refractivity contribution >= 4 is 0 Å². The number of rotatable bonds is 7. The molecule has 0 amide bonds. The second-order valence-corrected chi connectivity index (χ2v) is 7.27. The van der Waals surface area contributed by atoms with Crippen LogP contribution in [0.1, 0.15) is 104 Å². The van der Waals surface area contributed by atoms with E-state index in [0.717, 1.165) is 6.42 Å².